The molecule has 20 heavy (non-hydrogen) atoms. The van der Waals surface area contributed by atoms with Gasteiger partial charge in [0.1, 0.15) is 5.58 Å². The zero-order valence-electron chi connectivity index (χ0n) is 11.0. The first-order valence-corrected chi connectivity index (χ1v) is 6.50. The van der Waals surface area contributed by atoms with Crippen molar-refractivity contribution in [1.29, 1.82) is 0 Å². The van der Waals surface area contributed by atoms with Crippen molar-refractivity contribution < 1.29 is 4.42 Å². The predicted octanol–water partition coefficient (Wildman–Crippen LogP) is 4.35. The standard InChI is InChI=1S/C17H12N2O/c1-11-4-7-19-15(8-11)12-2-3-16-14(9-12)13-5-6-18-10-17(13)20-16/h2-10H,1H3. The van der Waals surface area contributed by atoms with Crippen LogP contribution in [0.4, 0.5) is 0 Å². The summed E-state index contributed by atoms with van der Waals surface area (Å²) in [5.74, 6) is 0. The lowest BCUT2D eigenvalue weighted by molar-refractivity contribution is 0.667. The van der Waals surface area contributed by atoms with Gasteiger partial charge in [-0.3, -0.25) is 9.97 Å². The van der Waals surface area contributed by atoms with Gasteiger partial charge in [0.25, 0.3) is 0 Å². The van der Waals surface area contributed by atoms with Gasteiger partial charge >= 0.3 is 0 Å². The van der Waals surface area contributed by atoms with Crippen molar-refractivity contribution in [1.82, 2.24) is 9.97 Å². The smallest absolute Gasteiger partial charge is 0.153 e. The molecule has 0 radical (unpaired) electrons. The van der Waals surface area contributed by atoms with E-state index in [1.807, 2.05) is 30.5 Å². The fourth-order valence-electron chi connectivity index (χ4n) is 2.49. The van der Waals surface area contributed by atoms with E-state index < -0.39 is 0 Å². The number of hydrogen-bond acceptors (Lipinski definition) is 3. The highest BCUT2D eigenvalue weighted by Gasteiger charge is 2.08. The zero-order chi connectivity index (χ0) is 13.5. The Morgan fingerprint density at radius 1 is 0.900 bits per heavy atom. The summed E-state index contributed by atoms with van der Waals surface area (Å²) in [5, 5.41) is 2.19. The second-order valence-corrected chi connectivity index (χ2v) is 4.90. The second kappa shape index (κ2) is 4.17. The summed E-state index contributed by atoms with van der Waals surface area (Å²) in [6.45, 7) is 2.07. The van der Waals surface area contributed by atoms with Crippen LogP contribution in [0.5, 0.6) is 0 Å². The van der Waals surface area contributed by atoms with Gasteiger partial charge < -0.3 is 4.42 Å². The Labute approximate surface area is 115 Å². The normalized spacial score (nSPS) is 11.2. The van der Waals surface area contributed by atoms with Crippen molar-refractivity contribution >= 4 is 21.9 Å². The van der Waals surface area contributed by atoms with Gasteiger partial charge in [0.15, 0.2) is 5.58 Å². The van der Waals surface area contributed by atoms with Gasteiger partial charge in [0, 0.05) is 28.7 Å². The maximum atomic E-state index is 5.78. The van der Waals surface area contributed by atoms with Crippen LogP contribution in [0, 0.1) is 6.92 Å². The number of fused-ring (bicyclic) bond motifs is 3. The van der Waals surface area contributed by atoms with Crippen molar-refractivity contribution in [2.75, 3.05) is 0 Å². The van der Waals surface area contributed by atoms with Crippen LogP contribution in [-0.4, -0.2) is 9.97 Å². The molecule has 96 valence electrons. The van der Waals surface area contributed by atoms with Crippen molar-refractivity contribution in [3.63, 3.8) is 0 Å². The van der Waals surface area contributed by atoms with Gasteiger partial charge in [-0.1, -0.05) is 0 Å². The third kappa shape index (κ3) is 1.67. The number of furan rings is 1. The van der Waals surface area contributed by atoms with Crippen LogP contribution in [0.15, 0.2) is 59.4 Å². The molecule has 4 aromatic rings. The Bertz CT molecular complexity index is 924. The first-order chi connectivity index (χ1) is 9.81. The van der Waals surface area contributed by atoms with Crippen LogP contribution < -0.4 is 0 Å². The van der Waals surface area contributed by atoms with E-state index in [1.54, 1.807) is 12.4 Å². The monoisotopic (exact) mass is 260 g/mol. The summed E-state index contributed by atoms with van der Waals surface area (Å²) in [4.78, 5) is 8.53. The Morgan fingerprint density at radius 3 is 2.75 bits per heavy atom. The van der Waals surface area contributed by atoms with E-state index in [0.29, 0.717) is 0 Å². The number of nitrogens with zero attached hydrogens (tertiary/aromatic N) is 2. The minimum atomic E-state index is 0.817. The minimum absolute atomic E-state index is 0.817. The number of pyridine rings is 2. The van der Waals surface area contributed by atoms with Gasteiger partial charge in [0.2, 0.25) is 0 Å². The predicted molar refractivity (Wildman–Crippen MR) is 79.5 cm³/mol. The van der Waals surface area contributed by atoms with Crippen LogP contribution in [0.25, 0.3) is 33.2 Å². The molecular formula is C17H12N2O. The molecule has 0 aliphatic carbocycles. The van der Waals surface area contributed by atoms with E-state index in [-0.39, 0.29) is 0 Å². The van der Waals surface area contributed by atoms with Gasteiger partial charge in [0.05, 0.1) is 11.9 Å². The average molecular weight is 260 g/mol. The molecule has 0 fully saturated rings. The van der Waals surface area contributed by atoms with Crippen LogP contribution in [0.2, 0.25) is 0 Å². The van der Waals surface area contributed by atoms with E-state index in [4.69, 9.17) is 4.42 Å². The first-order valence-electron chi connectivity index (χ1n) is 6.50. The lowest BCUT2D eigenvalue weighted by Crippen LogP contribution is -1.83. The summed E-state index contributed by atoms with van der Waals surface area (Å²) in [6, 6.07) is 12.2. The quantitative estimate of drug-likeness (QED) is 0.510. The Balaban J connectivity index is 2.00. The maximum Gasteiger partial charge on any atom is 0.153 e. The highest BCUT2D eigenvalue weighted by atomic mass is 16.3. The Morgan fingerprint density at radius 2 is 1.85 bits per heavy atom. The molecule has 0 unspecified atom stereocenters. The molecule has 3 nitrogen and oxygen atoms in total. The van der Waals surface area contributed by atoms with Crippen LogP contribution in [-0.2, 0) is 0 Å². The van der Waals surface area contributed by atoms with Crippen LogP contribution in [0.1, 0.15) is 5.56 Å². The molecule has 1 aromatic carbocycles. The molecule has 0 saturated heterocycles. The molecule has 3 heteroatoms. The highest BCUT2D eigenvalue weighted by Crippen LogP contribution is 2.31. The van der Waals surface area contributed by atoms with Crippen molar-refractivity contribution in [2.45, 2.75) is 6.92 Å². The summed E-state index contributed by atoms with van der Waals surface area (Å²) in [5.41, 5.74) is 4.98. The SMILES string of the molecule is Cc1ccnc(-c2ccc3oc4cnccc4c3c2)c1. The molecule has 0 aliphatic heterocycles. The van der Waals surface area contributed by atoms with Crippen molar-refractivity contribution in [3.05, 3.63) is 60.6 Å². The molecule has 0 aliphatic rings. The average Bonchev–Trinajstić information content (AvgIpc) is 2.85. The molecule has 0 saturated carbocycles. The summed E-state index contributed by atoms with van der Waals surface area (Å²) < 4.78 is 5.78. The van der Waals surface area contributed by atoms with Gasteiger partial charge in [-0.15, -0.1) is 0 Å². The van der Waals surface area contributed by atoms with E-state index in [0.717, 1.165) is 33.2 Å². The van der Waals surface area contributed by atoms with Gasteiger partial charge in [-0.05, 0) is 48.9 Å². The third-order valence-electron chi connectivity index (χ3n) is 3.49. The molecule has 0 bridgehead atoms. The third-order valence-corrected chi connectivity index (χ3v) is 3.49. The first kappa shape index (κ1) is 11.2. The zero-order valence-corrected chi connectivity index (χ0v) is 11.0. The summed E-state index contributed by atoms with van der Waals surface area (Å²) in [6.07, 6.45) is 5.38. The lowest BCUT2D eigenvalue weighted by atomic mass is 10.1. The molecule has 0 atom stereocenters. The number of aromatic nitrogens is 2. The highest BCUT2D eigenvalue weighted by molar-refractivity contribution is 6.05. The summed E-state index contributed by atoms with van der Waals surface area (Å²) in [7, 11) is 0. The number of benzene rings is 1. The van der Waals surface area contributed by atoms with Gasteiger partial charge in [-0.25, -0.2) is 0 Å². The minimum Gasteiger partial charge on any atom is -0.454 e. The lowest BCUT2D eigenvalue weighted by Gasteiger charge is -2.01. The van der Waals surface area contributed by atoms with E-state index >= 15 is 0 Å². The molecule has 0 amide bonds. The van der Waals surface area contributed by atoms with Gasteiger partial charge in [-0.2, -0.15) is 0 Å². The maximum absolute atomic E-state index is 5.78. The van der Waals surface area contributed by atoms with E-state index in [1.165, 1.54) is 5.56 Å². The number of rotatable bonds is 1. The van der Waals surface area contributed by atoms with Crippen molar-refractivity contribution in [2.24, 2.45) is 0 Å². The Kier molecular flexibility index (Phi) is 2.33. The van der Waals surface area contributed by atoms with Crippen LogP contribution in [0.3, 0.4) is 0 Å². The summed E-state index contributed by atoms with van der Waals surface area (Å²) >= 11 is 0. The topological polar surface area (TPSA) is 38.9 Å². The fourth-order valence-corrected chi connectivity index (χ4v) is 2.49. The Hall–Kier alpha value is -2.68. The van der Waals surface area contributed by atoms with Crippen LogP contribution >= 0.6 is 0 Å². The molecule has 0 N–H and O–H groups in total. The molecule has 0 spiro atoms. The fraction of sp³-hybridized carbons (Fsp3) is 0.0588. The van der Waals surface area contributed by atoms with E-state index in [2.05, 4.69) is 29.0 Å². The largest absolute Gasteiger partial charge is 0.454 e. The number of hydrogen-bond donors (Lipinski definition) is 0. The molecule has 3 heterocycles. The molecule has 4 rings (SSSR count). The molecular weight excluding hydrogens is 248 g/mol. The number of aryl methyl sites for hydroxylation is 1. The van der Waals surface area contributed by atoms with E-state index in [9.17, 15) is 0 Å². The molecule has 3 aromatic heterocycles. The second-order valence-electron chi connectivity index (χ2n) is 4.90. The van der Waals surface area contributed by atoms with Crippen molar-refractivity contribution in [3.8, 4) is 11.3 Å².